The van der Waals surface area contributed by atoms with Gasteiger partial charge in [0.15, 0.2) is 5.65 Å². The molecule has 0 unspecified atom stereocenters. The first-order valence-corrected chi connectivity index (χ1v) is 8.42. The van der Waals surface area contributed by atoms with E-state index in [2.05, 4.69) is 15.4 Å². The number of amides is 2. The Morgan fingerprint density at radius 3 is 2.84 bits per heavy atom. The molecule has 3 rings (SSSR count). The van der Waals surface area contributed by atoms with Crippen molar-refractivity contribution < 1.29 is 14.3 Å². The van der Waals surface area contributed by atoms with Gasteiger partial charge in [-0.05, 0) is 45.7 Å². The van der Waals surface area contributed by atoms with E-state index in [1.54, 1.807) is 15.6 Å². The Hall–Kier alpha value is -2.64. The average molecular weight is 345 g/mol. The van der Waals surface area contributed by atoms with Crippen LogP contribution in [0.15, 0.2) is 24.4 Å². The summed E-state index contributed by atoms with van der Waals surface area (Å²) in [7, 11) is 0. The summed E-state index contributed by atoms with van der Waals surface area (Å²) in [5, 5.41) is 6.91. The fourth-order valence-corrected chi connectivity index (χ4v) is 2.80. The van der Waals surface area contributed by atoms with E-state index < -0.39 is 5.60 Å². The van der Waals surface area contributed by atoms with Crippen LogP contribution in [0, 0.1) is 5.92 Å². The van der Waals surface area contributed by atoms with Crippen LogP contribution in [0.25, 0.3) is 5.65 Å². The van der Waals surface area contributed by atoms with Crippen molar-refractivity contribution in [3.8, 4) is 0 Å². The van der Waals surface area contributed by atoms with E-state index in [4.69, 9.17) is 4.74 Å². The summed E-state index contributed by atoms with van der Waals surface area (Å²) in [5.74, 6) is -0.306. The molecule has 0 spiro atoms. The monoisotopic (exact) mass is 345 g/mol. The molecule has 1 atom stereocenters. The first-order chi connectivity index (χ1) is 11.8. The van der Waals surface area contributed by atoms with Crippen LogP contribution in [-0.4, -0.2) is 50.2 Å². The molecule has 8 heteroatoms. The van der Waals surface area contributed by atoms with Gasteiger partial charge in [0.1, 0.15) is 5.60 Å². The van der Waals surface area contributed by atoms with Gasteiger partial charge in [-0.3, -0.25) is 10.1 Å². The van der Waals surface area contributed by atoms with Gasteiger partial charge in [0.05, 0.1) is 5.92 Å². The number of esters is 1. The summed E-state index contributed by atoms with van der Waals surface area (Å²) in [5.41, 5.74) is 0.130. The van der Waals surface area contributed by atoms with Crippen LogP contribution in [0.2, 0.25) is 0 Å². The molecular formula is C17H23N5O3. The Balaban J connectivity index is 1.62. The summed E-state index contributed by atoms with van der Waals surface area (Å²) in [6, 6.07) is 5.20. The molecule has 0 radical (unpaired) electrons. The molecule has 8 nitrogen and oxygen atoms in total. The average Bonchev–Trinajstić information content (AvgIpc) is 2.95. The Kier molecular flexibility index (Phi) is 4.61. The largest absolute Gasteiger partial charge is 0.460 e. The first kappa shape index (κ1) is 17.2. The molecule has 2 amide bonds. The van der Waals surface area contributed by atoms with E-state index in [1.165, 1.54) is 0 Å². The van der Waals surface area contributed by atoms with Crippen molar-refractivity contribution in [2.75, 3.05) is 18.4 Å². The van der Waals surface area contributed by atoms with Crippen LogP contribution in [0.1, 0.15) is 33.6 Å². The highest BCUT2D eigenvalue weighted by Crippen LogP contribution is 2.21. The molecule has 2 aromatic rings. The predicted octanol–water partition coefficient (Wildman–Crippen LogP) is 2.31. The number of piperidine rings is 1. The third-order valence-corrected chi connectivity index (χ3v) is 3.91. The standard InChI is InChI=1S/C17H23N5O3/c1-17(2,3)25-14(23)12-7-6-9-21(11-12)16(24)19-15-18-13-8-4-5-10-22(13)20-15/h4-5,8,10,12H,6-7,9,11H2,1-3H3,(H,19,20,24)/t12-/m1/s1. The maximum absolute atomic E-state index is 12.5. The minimum absolute atomic E-state index is 0.246. The number of carbonyl (C=O) groups is 2. The number of urea groups is 1. The molecule has 134 valence electrons. The highest BCUT2D eigenvalue weighted by atomic mass is 16.6. The predicted molar refractivity (Wildman–Crippen MR) is 92.1 cm³/mol. The van der Waals surface area contributed by atoms with Gasteiger partial charge in [-0.2, -0.15) is 4.98 Å². The highest BCUT2D eigenvalue weighted by Gasteiger charge is 2.31. The smallest absolute Gasteiger partial charge is 0.324 e. The molecule has 25 heavy (non-hydrogen) atoms. The lowest BCUT2D eigenvalue weighted by atomic mass is 9.98. The number of nitrogens with one attached hydrogen (secondary N) is 1. The van der Waals surface area contributed by atoms with Crippen molar-refractivity contribution in [3.05, 3.63) is 24.4 Å². The van der Waals surface area contributed by atoms with E-state index in [0.29, 0.717) is 18.7 Å². The molecule has 1 saturated heterocycles. The molecule has 3 heterocycles. The Morgan fingerprint density at radius 1 is 1.32 bits per heavy atom. The second kappa shape index (κ2) is 6.70. The molecule has 0 aromatic carbocycles. The van der Waals surface area contributed by atoms with Crippen molar-refractivity contribution in [1.82, 2.24) is 19.5 Å². The summed E-state index contributed by atoms with van der Waals surface area (Å²) in [4.78, 5) is 30.6. The lowest BCUT2D eigenvalue weighted by Crippen LogP contribution is -2.45. The fourth-order valence-electron chi connectivity index (χ4n) is 2.80. The molecule has 1 N–H and O–H groups in total. The number of ether oxygens (including phenoxy) is 1. The van der Waals surface area contributed by atoms with E-state index in [-0.39, 0.29) is 23.9 Å². The minimum Gasteiger partial charge on any atom is -0.460 e. The quantitative estimate of drug-likeness (QED) is 0.844. The molecule has 1 fully saturated rings. The number of carbonyl (C=O) groups excluding carboxylic acids is 2. The Labute approximate surface area is 146 Å². The molecule has 0 aliphatic carbocycles. The van der Waals surface area contributed by atoms with Crippen molar-refractivity contribution in [2.45, 2.75) is 39.2 Å². The SMILES string of the molecule is CC(C)(C)OC(=O)[C@@H]1CCCN(C(=O)Nc2nc3ccccn3n2)C1. The number of likely N-dealkylation sites (tertiary alicyclic amines) is 1. The first-order valence-electron chi connectivity index (χ1n) is 8.42. The van der Waals surface area contributed by atoms with Gasteiger partial charge in [0.25, 0.3) is 5.95 Å². The summed E-state index contributed by atoms with van der Waals surface area (Å²) in [6.45, 7) is 6.46. The van der Waals surface area contributed by atoms with Gasteiger partial charge < -0.3 is 9.64 Å². The number of anilines is 1. The van der Waals surface area contributed by atoms with Crippen molar-refractivity contribution in [2.24, 2.45) is 5.92 Å². The summed E-state index contributed by atoms with van der Waals surface area (Å²) in [6.07, 6.45) is 3.25. The van der Waals surface area contributed by atoms with Crippen LogP contribution in [-0.2, 0) is 9.53 Å². The number of rotatable bonds is 2. The van der Waals surface area contributed by atoms with Gasteiger partial charge in [-0.25, -0.2) is 9.31 Å². The maximum Gasteiger partial charge on any atom is 0.324 e. The zero-order valence-electron chi connectivity index (χ0n) is 14.7. The van der Waals surface area contributed by atoms with Gasteiger partial charge in [0.2, 0.25) is 0 Å². The third kappa shape index (κ3) is 4.26. The molecule has 0 bridgehead atoms. The van der Waals surface area contributed by atoms with Crippen LogP contribution < -0.4 is 5.32 Å². The van der Waals surface area contributed by atoms with Crippen LogP contribution >= 0.6 is 0 Å². The number of fused-ring (bicyclic) bond motifs is 1. The zero-order chi connectivity index (χ0) is 18.0. The third-order valence-electron chi connectivity index (χ3n) is 3.91. The molecular weight excluding hydrogens is 322 g/mol. The molecule has 2 aromatic heterocycles. The van der Waals surface area contributed by atoms with Gasteiger partial charge in [-0.15, -0.1) is 5.10 Å². The van der Waals surface area contributed by atoms with Crippen molar-refractivity contribution in [1.29, 1.82) is 0 Å². The second-order valence-corrected chi connectivity index (χ2v) is 7.19. The number of hydrogen-bond donors (Lipinski definition) is 1. The number of aromatic nitrogens is 3. The number of pyridine rings is 1. The van der Waals surface area contributed by atoms with E-state index >= 15 is 0 Å². The fraction of sp³-hybridized carbons (Fsp3) is 0.529. The van der Waals surface area contributed by atoms with E-state index in [1.807, 2.05) is 39.0 Å². The summed E-state index contributed by atoms with van der Waals surface area (Å²) >= 11 is 0. The molecule has 0 saturated carbocycles. The van der Waals surface area contributed by atoms with Crippen molar-refractivity contribution in [3.63, 3.8) is 0 Å². The highest BCUT2D eigenvalue weighted by molar-refractivity contribution is 5.88. The zero-order valence-corrected chi connectivity index (χ0v) is 14.7. The normalized spacial score (nSPS) is 18.2. The van der Waals surface area contributed by atoms with Gasteiger partial charge >= 0.3 is 12.0 Å². The van der Waals surface area contributed by atoms with Crippen LogP contribution in [0.4, 0.5) is 10.7 Å². The minimum atomic E-state index is -0.526. The number of hydrogen-bond acceptors (Lipinski definition) is 5. The van der Waals surface area contributed by atoms with Gasteiger partial charge in [-0.1, -0.05) is 6.07 Å². The topological polar surface area (TPSA) is 88.8 Å². The Morgan fingerprint density at radius 2 is 2.12 bits per heavy atom. The number of nitrogens with zero attached hydrogens (tertiary/aromatic N) is 4. The second-order valence-electron chi connectivity index (χ2n) is 7.19. The van der Waals surface area contributed by atoms with E-state index in [0.717, 1.165) is 12.8 Å². The van der Waals surface area contributed by atoms with Crippen LogP contribution in [0.5, 0.6) is 0 Å². The Bertz CT molecular complexity index is 747. The van der Waals surface area contributed by atoms with Crippen LogP contribution in [0.3, 0.4) is 0 Å². The maximum atomic E-state index is 12.5. The van der Waals surface area contributed by atoms with Gasteiger partial charge in [0, 0.05) is 19.3 Å². The van der Waals surface area contributed by atoms with E-state index in [9.17, 15) is 9.59 Å². The molecule has 1 aliphatic heterocycles. The lowest BCUT2D eigenvalue weighted by Gasteiger charge is -2.32. The lowest BCUT2D eigenvalue weighted by molar-refractivity contribution is -0.161. The molecule has 1 aliphatic rings. The summed E-state index contributed by atoms with van der Waals surface area (Å²) < 4.78 is 7.03. The van der Waals surface area contributed by atoms with Crippen molar-refractivity contribution >= 4 is 23.6 Å².